The fourth-order valence-electron chi connectivity index (χ4n) is 3.04. The molecule has 0 saturated carbocycles. The summed E-state index contributed by atoms with van der Waals surface area (Å²) in [6, 6.07) is 23.2. The summed E-state index contributed by atoms with van der Waals surface area (Å²) in [4.78, 5) is 13.2. The van der Waals surface area contributed by atoms with E-state index in [9.17, 15) is 4.79 Å². The van der Waals surface area contributed by atoms with Crippen molar-refractivity contribution >= 4 is 33.1 Å². The van der Waals surface area contributed by atoms with Crippen molar-refractivity contribution in [2.24, 2.45) is 0 Å². The molecule has 0 aromatic heterocycles. The van der Waals surface area contributed by atoms with Crippen molar-refractivity contribution in [2.75, 3.05) is 17.3 Å². The molecule has 0 saturated heterocycles. The predicted octanol–water partition coefficient (Wildman–Crippen LogP) is 6.73. The van der Waals surface area contributed by atoms with Gasteiger partial charge < -0.3 is 10.1 Å². The molecule has 3 aromatic rings. The lowest BCUT2D eigenvalue weighted by atomic mass is 9.86. The van der Waals surface area contributed by atoms with Crippen molar-refractivity contribution in [1.29, 1.82) is 0 Å². The van der Waals surface area contributed by atoms with Crippen LogP contribution in [0.25, 0.3) is 0 Å². The maximum absolute atomic E-state index is 13.2. The van der Waals surface area contributed by atoms with E-state index in [1.54, 1.807) is 0 Å². The molecule has 3 rings (SSSR count). The summed E-state index contributed by atoms with van der Waals surface area (Å²) >= 11 is 3.36. The average molecular weight is 452 g/mol. The Kier molecular flexibility index (Phi) is 6.75. The Morgan fingerprint density at radius 1 is 0.966 bits per heavy atom. The number of carbonyl (C=O) groups excluding carboxylic acids is 1. The monoisotopic (exact) mass is 451 g/mol. The summed E-state index contributed by atoms with van der Waals surface area (Å²) in [5.74, 6) is 0.788. The molecular formula is C25H26BrNO2. The summed E-state index contributed by atoms with van der Waals surface area (Å²) in [6.07, 6.45) is 0. The molecule has 0 bridgehead atoms. The van der Waals surface area contributed by atoms with E-state index in [1.807, 2.05) is 72.8 Å². The van der Waals surface area contributed by atoms with Crippen LogP contribution in [0.2, 0.25) is 0 Å². The van der Waals surface area contributed by atoms with Gasteiger partial charge in [-0.3, -0.25) is 4.79 Å². The van der Waals surface area contributed by atoms with Gasteiger partial charge in [-0.25, -0.2) is 0 Å². The van der Waals surface area contributed by atoms with Crippen LogP contribution < -0.4 is 10.1 Å². The zero-order valence-corrected chi connectivity index (χ0v) is 18.6. The van der Waals surface area contributed by atoms with Gasteiger partial charge in [-0.2, -0.15) is 0 Å². The maximum Gasteiger partial charge on any atom is 0.195 e. The van der Waals surface area contributed by atoms with Crippen LogP contribution in [0.5, 0.6) is 5.75 Å². The second kappa shape index (κ2) is 9.27. The highest BCUT2D eigenvalue weighted by molar-refractivity contribution is 9.09. The molecule has 3 aromatic carbocycles. The van der Waals surface area contributed by atoms with Crippen LogP contribution in [0, 0.1) is 0 Å². The predicted molar refractivity (Wildman–Crippen MR) is 124 cm³/mol. The number of alkyl halides is 1. The van der Waals surface area contributed by atoms with Gasteiger partial charge in [0.05, 0.1) is 6.61 Å². The topological polar surface area (TPSA) is 38.3 Å². The Bertz CT molecular complexity index is 975. The molecule has 0 atom stereocenters. The van der Waals surface area contributed by atoms with Crippen LogP contribution in [-0.2, 0) is 5.41 Å². The number of ketones is 1. The van der Waals surface area contributed by atoms with Gasteiger partial charge in [0, 0.05) is 33.9 Å². The molecule has 4 heteroatoms. The van der Waals surface area contributed by atoms with E-state index < -0.39 is 0 Å². The number of hydrogen-bond donors (Lipinski definition) is 1. The first-order valence-electron chi connectivity index (χ1n) is 9.68. The lowest BCUT2D eigenvalue weighted by Crippen LogP contribution is -2.11. The van der Waals surface area contributed by atoms with E-state index in [1.165, 1.54) is 5.56 Å². The molecular weight excluding hydrogens is 426 g/mol. The van der Waals surface area contributed by atoms with Gasteiger partial charge in [-0.05, 0) is 35.2 Å². The Balaban J connectivity index is 1.84. The number of rotatable bonds is 7. The highest BCUT2D eigenvalue weighted by atomic mass is 79.9. The Hall–Kier alpha value is -2.59. The largest absolute Gasteiger partial charge is 0.493 e. The highest BCUT2D eigenvalue weighted by Crippen LogP contribution is 2.27. The van der Waals surface area contributed by atoms with Crippen molar-refractivity contribution < 1.29 is 9.53 Å². The summed E-state index contributed by atoms with van der Waals surface area (Å²) in [7, 11) is 0. The molecule has 150 valence electrons. The first kappa shape index (κ1) is 21.1. The molecule has 0 aliphatic heterocycles. The number of benzene rings is 3. The maximum atomic E-state index is 13.2. The van der Waals surface area contributed by atoms with Gasteiger partial charge in [-0.1, -0.05) is 79.2 Å². The minimum absolute atomic E-state index is 0.000234. The van der Waals surface area contributed by atoms with Crippen molar-refractivity contribution in [3.05, 3.63) is 89.5 Å². The Morgan fingerprint density at radius 2 is 1.69 bits per heavy atom. The van der Waals surface area contributed by atoms with E-state index in [-0.39, 0.29) is 11.2 Å². The summed E-state index contributed by atoms with van der Waals surface area (Å²) < 4.78 is 5.67. The van der Waals surface area contributed by atoms with Crippen molar-refractivity contribution in [1.82, 2.24) is 0 Å². The first-order chi connectivity index (χ1) is 13.9. The Morgan fingerprint density at radius 3 is 2.38 bits per heavy atom. The van der Waals surface area contributed by atoms with Gasteiger partial charge >= 0.3 is 0 Å². The number of anilines is 2. The molecule has 0 radical (unpaired) electrons. The average Bonchev–Trinajstić information content (AvgIpc) is 2.72. The fourth-order valence-corrected chi connectivity index (χ4v) is 3.20. The van der Waals surface area contributed by atoms with E-state index >= 15 is 0 Å². The van der Waals surface area contributed by atoms with Crippen LogP contribution in [0.15, 0.2) is 72.8 Å². The zero-order chi connectivity index (χ0) is 20.9. The number of ether oxygens (including phenoxy) is 1. The minimum Gasteiger partial charge on any atom is -0.493 e. The van der Waals surface area contributed by atoms with Crippen LogP contribution in [0.3, 0.4) is 0 Å². The second-order valence-corrected chi connectivity index (χ2v) is 8.69. The molecule has 0 fully saturated rings. The molecule has 0 aliphatic rings. The van der Waals surface area contributed by atoms with Crippen molar-refractivity contribution in [3.63, 3.8) is 0 Å². The quantitative estimate of drug-likeness (QED) is 0.319. The van der Waals surface area contributed by atoms with Crippen LogP contribution in [0.4, 0.5) is 11.4 Å². The van der Waals surface area contributed by atoms with Crippen molar-refractivity contribution in [3.8, 4) is 5.75 Å². The molecule has 29 heavy (non-hydrogen) atoms. The second-order valence-electron chi connectivity index (χ2n) is 7.89. The summed E-state index contributed by atoms with van der Waals surface area (Å²) in [6.45, 7) is 7.10. The molecule has 0 aliphatic carbocycles. The summed E-state index contributed by atoms with van der Waals surface area (Å²) in [5.41, 5.74) is 4.24. The number of para-hydroxylation sites is 1. The van der Waals surface area contributed by atoms with Crippen LogP contribution >= 0.6 is 15.9 Å². The number of carbonyl (C=O) groups is 1. The van der Waals surface area contributed by atoms with Gasteiger partial charge in [0.25, 0.3) is 0 Å². The third-order valence-corrected chi connectivity index (χ3v) is 4.97. The third kappa shape index (κ3) is 5.48. The van der Waals surface area contributed by atoms with Gasteiger partial charge in [0.2, 0.25) is 0 Å². The Labute approximate surface area is 181 Å². The van der Waals surface area contributed by atoms with Gasteiger partial charge in [0.1, 0.15) is 5.75 Å². The van der Waals surface area contributed by atoms with Gasteiger partial charge in [-0.15, -0.1) is 0 Å². The third-order valence-electron chi connectivity index (χ3n) is 4.64. The molecule has 0 unspecified atom stereocenters. The molecule has 0 spiro atoms. The minimum atomic E-state index is 0.000234. The SMILES string of the molecule is CC(C)(C)c1ccc(C(=O)c2ccccc2Nc2cccc(OCCBr)c2)cc1. The first-order valence-corrected chi connectivity index (χ1v) is 10.8. The summed E-state index contributed by atoms with van der Waals surface area (Å²) in [5, 5.41) is 4.14. The van der Waals surface area contributed by atoms with Crippen molar-refractivity contribution in [2.45, 2.75) is 26.2 Å². The van der Waals surface area contributed by atoms with E-state index in [0.717, 1.165) is 22.5 Å². The van der Waals surface area contributed by atoms with E-state index in [0.29, 0.717) is 17.7 Å². The number of hydrogen-bond acceptors (Lipinski definition) is 3. The highest BCUT2D eigenvalue weighted by Gasteiger charge is 2.17. The number of halogens is 1. The number of nitrogens with one attached hydrogen (secondary N) is 1. The van der Waals surface area contributed by atoms with Crippen LogP contribution in [-0.4, -0.2) is 17.7 Å². The smallest absolute Gasteiger partial charge is 0.195 e. The van der Waals surface area contributed by atoms with E-state index in [4.69, 9.17) is 4.74 Å². The van der Waals surface area contributed by atoms with E-state index in [2.05, 4.69) is 42.0 Å². The standard InChI is InChI=1S/C25H26BrNO2/c1-25(2,3)19-13-11-18(12-14-19)24(28)22-9-4-5-10-23(22)27-20-7-6-8-21(17-20)29-16-15-26/h4-14,17,27H,15-16H2,1-3H3. The lowest BCUT2D eigenvalue weighted by Gasteiger charge is -2.19. The lowest BCUT2D eigenvalue weighted by molar-refractivity contribution is 0.103. The zero-order valence-electron chi connectivity index (χ0n) is 17.0. The van der Waals surface area contributed by atoms with Gasteiger partial charge in [0.15, 0.2) is 5.78 Å². The van der Waals surface area contributed by atoms with Crippen LogP contribution in [0.1, 0.15) is 42.3 Å². The molecule has 3 nitrogen and oxygen atoms in total. The molecule has 0 amide bonds. The molecule has 1 N–H and O–H groups in total. The normalized spacial score (nSPS) is 11.2. The molecule has 0 heterocycles. The fraction of sp³-hybridized carbons (Fsp3) is 0.240.